The summed E-state index contributed by atoms with van der Waals surface area (Å²) in [4.78, 5) is 17.4. The van der Waals surface area contributed by atoms with E-state index < -0.39 is 5.67 Å². The van der Waals surface area contributed by atoms with Crippen molar-refractivity contribution in [2.45, 2.75) is 45.7 Å². The van der Waals surface area contributed by atoms with Gasteiger partial charge in [-0.1, -0.05) is 26.3 Å². The predicted octanol–water partition coefficient (Wildman–Crippen LogP) is 4.05. The second-order valence-corrected chi connectivity index (χ2v) is 6.90. The Morgan fingerprint density at radius 1 is 1.36 bits per heavy atom. The van der Waals surface area contributed by atoms with E-state index in [1.165, 1.54) is 6.42 Å². The van der Waals surface area contributed by atoms with Crippen LogP contribution >= 0.6 is 0 Å². The zero-order valence-corrected chi connectivity index (χ0v) is 17.3. The number of allylic oxidation sites excluding steroid dienone is 2. The number of rotatable bonds is 5. The van der Waals surface area contributed by atoms with Crippen molar-refractivity contribution >= 4 is 28.6 Å². The fourth-order valence-electron chi connectivity index (χ4n) is 2.99. The summed E-state index contributed by atoms with van der Waals surface area (Å²) >= 11 is 0. The lowest BCUT2D eigenvalue weighted by atomic mass is 9.96. The van der Waals surface area contributed by atoms with Gasteiger partial charge in [-0.2, -0.15) is 0 Å². The Hall–Kier alpha value is -2.41. The van der Waals surface area contributed by atoms with Crippen molar-refractivity contribution < 1.29 is 4.39 Å². The van der Waals surface area contributed by atoms with E-state index in [0.29, 0.717) is 29.8 Å². The summed E-state index contributed by atoms with van der Waals surface area (Å²) in [5, 5.41) is 6.27. The second-order valence-electron chi connectivity index (χ2n) is 6.90. The fourth-order valence-corrected chi connectivity index (χ4v) is 2.99. The van der Waals surface area contributed by atoms with E-state index in [1.807, 2.05) is 19.1 Å². The number of nitrogens with one attached hydrogen (secondary N) is 2. The third-order valence-electron chi connectivity index (χ3n) is 4.32. The van der Waals surface area contributed by atoms with Crippen LogP contribution in [0.15, 0.2) is 29.5 Å². The Morgan fingerprint density at radius 3 is 2.75 bits per heavy atom. The van der Waals surface area contributed by atoms with Gasteiger partial charge in [0.1, 0.15) is 11.2 Å². The quantitative estimate of drug-likeness (QED) is 0.758. The van der Waals surface area contributed by atoms with Crippen LogP contribution in [0.4, 0.5) is 10.2 Å². The molecule has 6 nitrogen and oxygen atoms in total. The highest BCUT2D eigenvalue weighted by Crippen LogP contribution is 2.25. The Morgan fingerprint density at radius 2 is 2.11 bits per heavy atom. The molecule has 2 N–H and O–H groups in total. The van der Waals surface area contributed by atoms with Crippen molar-refractivity contribution in [2.75, 3.05) is 32.0 Å². The van der Waals surface area contributed by atoms with Crippen LogP contribution in [0.2, 0.25) is 0 Å². The first-order chi connectivity index (χ1) is 13.6. The van der Waals surface area contributed by atoms with E-state index in [1.54, 1.807) is 25.7 Å². The minimum atomic E-state index is -1.28. The maximum absolute atomic E-state index is 14.9. The Balaban J connectivity index is 0.000000878. The van der Waals surface area contributed by atoms with Crippen molar-refractivity contribution in [3.05, 3.63) is 30.2 Å². The fraction of sp³-hybridized carbons (Fsp3) is 0.524. The van der Waals surface area contributed by atoms with Crippen LogP contribution in [-0.4, -0.2) is 53.5 Å². The molecule has 1 aliphatic rings. The zero-order valence-electron chi connectivity index (χ0n) is 17.3. The van der Waals surface area contributed by atoms with Gasteiger partial charge in [-0.15, -0.1) is 0 Å². The Labute approximate surface area is 166 Å². The predicted molar refractivity (Wildman–Crippen MR) is 116 cm³/mol. The molecule has 0 spiro atoms. The molecule has 1 saturated heterocycles. The number of nitrogens with zero attached hydrogens (tertiary/aromatic N) is 4. The standard InChI is InChI=1S/C18H23FN6.C3H8/c1-3-13(10-20-2)14-9-15-16(23-8-7-22-15)17(25-14)24-12-18(19)5-4-6-21-11-18;1-3-2/h3,7-10,21H,4-6,11-12H2,1-2H3,(H,24,25);3H2,1-2H3/b13-3+,20-10?;. The van der Waals surface area contributed by atoms with Gasteiger partial charge in [-0.3, -0.25) is 9.98 Å². The molecule has 152 valence electrons. The van der Waals surface area contributed by atoms with Crippen LogP contribution in [0.3, 0.4) is 0 Å². The van der Waals surface area contributed by atoms with E-state index in [4.69, 9.17) is 0 Å². The number of piperidine rings is 1. The number of hydrogen-bond acceptors (Lipinski definition) is 6. The van der Waals surface area contributed by atoms with Crippen molar-refractivity contribution in [2.24, 2.45) is 4.99 Å². The lowest BCUT2D eigenvalue weighted by Gasteiger charge is -2.30. The van der Waals surface area contributed by atoms with Crippen molar-refractivity contribution in [1.29, 1.82) is 0 Å². The number of pyridine rings is 1. The van der Waals surface area contributed by atoms with Gasteiger partial charge < -0.3 is 10.6 Å². The Bertz CT molecular complexity index is 812. The van der Waals surface area contributed by atoms with E-state index >= 15 is 0 Å². The van der Waals surface area contributed by atoms with Gasteiger partial charge in [-0.05, 0) is 32.4 Å². The van der Waals surface area contributed by atoms with Gasteiger partial charge in [0.2, 0.25) is 0 Å². The maximum atomic E-state index is 14.9. The van der Waals surface area contributed by atoms with Crippen LogP contribution in [0.1, 0.15) is 45.7 Å². The molecule has 7 heteroatoms. The minimum absolute atomic E-state index is 0.190. The summed E-state index contributed by atoms with van der Waals surface area (Å²) in [6.45, 7) is 7.59. The highest BCUT2D eigenvalue weighted by Gasteiger charge is 2.31. The summed E-state index contributed by atoms with van der Waals surface area (Å²) in [6.07, 6.45) is 9.56. The first-order valence-electron chi connectivity index (χ1n) is 9.91. The molecule has 1 fully saturated rings. The van der Waals surface area contributed by atoms with Gasteiger partial charge in [0, 0.05) is 37.8 Å². The molecule has 0 saturated carbocycles. The highest BCUT2D eigenvalue weighted by atomic mass is 19.1. The largest absolute Gasteiger partial charge is 0.365 e. The minimum Gasteiger partial charge on any atom is -0.365 e. The lowest BCUT2D eigenvalue weighted by Crippen LogP contribution is -2.46. The van der Waals surface area contributed by atoms with Gasteiger partial charge >= 0.3 is 0 Å². The molecule has 0 aromatic carbocycles. The highest BCUT2D eigenvalue weighted by molar-refractivity contribution is 6.10. The second kappa shape index (κ2) is 10.8. The van der Waals surface area contributed by atoms with Crippen molar-refractivity contribution in [3.8, 4) is 0 Å². The first kappa shape index (κ1) is 21.9. The van der Waals surface area contributed by atoms with Gasteiger partial charge in [-0.25, -0.2) is 14.4 Å². The van der Waals surface area contributed by atoms with Gasteiger partial charge in [0.15, 0.2) is 5.82 Å². The van der Waals surface area contributed by atoms with Crippen LogP contribution in [0.25, 0.3) is 16.6 Å². The molecule has 2 aromatic rings. The molecule has 0 aliphatic carbocycles. The van der Waals surface area contributed by atoms with E-state index in [9.17, 15) is 4.39 Å². The Kier molecular flexibility index (Phi) is 8.44. The summed E-state index contributed by atoms with van der Waals surface area (Å²) in [5.74, 6) is 0.548. The van der Waals surface area contributed by atoms with Gasteiger partial charge in [0.05, 0.1) is 17.8 Å². The molecular formula is C21H31FN6. The molecule has 1 unspecified atom stereocenters. The zero-order chi connectivity index (χ0) is 20.4. The van der Waals surface area contributed by atoms with Crippen molar-refractivity contribution in [3.63, 3.8) is 0 Å². The van der Waals surface area contributed by atoms with E-state index in [2.05, 4.69) is 44.4 Å². The molecule has 28 heavy (non-hydrogen) atoms. The summed E-state index contributed by atoms with van der Waals surface area (Å²) in [5.41, 5.74) is 1.69. The van der Waals surface area contributed by atoms with E-state index in [-0.39, 0.29) is 6.54 Å². The molecule has 2 aromatic heterocycles. The normalized spacial score (nSPS) is 20.1. The number of fused-ring (bicyclic) bond motifs is 1. The first-order valence-corrected chi connectivity index (χ1v) is 9.91. The number of aliphatic imine (C=N–C) groups is 1. The maximum Gasteiger partial charge on any atom is 0.155 e. The smallest absolute Gasteiger partial charge is 0.155 e. The van der Waals surface area contributed by atoms with Crippen LogP contribution < -0.4 is 10.6 Å². The molecule has 1 atom stereocenters. The monoisotopic (exact) mass is 386 g/mol. The van der Waals surface area contributed by atoms with Gasteiger partial charge in [0.25, 0.3) is 0 Å². The third-order valence-corrected chi connectivity index (χ3v) is 4.32. The molecule has 3 rings (SSSR count). The third kappa shape index (κ3) is 5.79. The molecule has 1 aliphatic heterocycles. The van der Waals surface area contributed by atoms with Crippen molar-refractivity contribution in [1.82, 2.24) is 20.3 Å². The summed E-state index contributed by atoms with van der Waals surface area (Å²) in [6, 6.07) is 1.87. The average Bonchev–Trinajstić information content (AvgIpc) is 2.71. The number of alkyl halides is 1. The summed E-state index contributed by atoms with van der Waals surface area (Å²) < 4.78 is 14.9. The summed E-state index contributed by atoms with van der Waals surface area (Å²) in [7, 11) is 1.71. The van der Waals surface area contributed by atoms with Crippen LogP contribution in [-0.2, 0) is 0 Å². The number of anilines is 1. The van der Waals surface area contributed by atoms with Crippen LogP contribution in [0.5, 0.6) is 0 Å². The number of hydrogen-bond donors (Lipinski definition) is 2. The topological polar surface area (TPSA) is 75.1 Å². The number of aromatic nitrogens is 3. The number of halogens is 1. The molecule has 0 radical (unpaired) electrons. The molecule has 3 heterocycles. The molecule has 0 bridgehead atoms. The SMILES string of the molecule is C/C=C(\C=NC)c1cc2nccnc2c(NCC2(F)CCCNC2)n1.CCC. The molecular weight excluding hydrogens is 355 g/mol. The average molecular weight is 387 g/mol. The lowest BCUT2D eigenvalue weighted by molar-refractivity contribution is 0.137. The van der Waals surface area contributed by atoms with Crippen LogP contribution in [0, 0.1) is 0 Å². The van der Waals surface area contributed by atoms with E-state index in [0.717, 1.165) is 24.2 Å². The molecule has 0 amide bonds.